The highest BCUT2D eigenvalue weighted by Gasteiger charge is 2.39. The van der Waals surface area contributed by atoms with Crippen molar-refractivity contribution in [3.05, 3.63) is 29.8 Å². The summed E-state index contributed by atoms with van der Waals surface area (Å²) in [5.74, 6) is 0. The lowest BCUT2D eigenvalue weighted by Gasteiger charge is -2.15. The lowest BCUT2D eigenvalue weighted by atomic mass is 10.1. The Bertz CT molecular complexity index is 386. The zero-order valence-corrected chi connectivity index (χ0v) is 8.83. The molecule has 1 aromatic carbocycles. The van der Waals surface area contributed by atoms with Gasteiger partial charge in [-0.2, -0.15) is 26.3 Å². The molecule has 1 nitrogen and oxygen atoms in total. The van der Waals surface area contributed by atoms with Crippen LogP contribution in [0.1, 0.15) is 11.7 Å². The molecule has 0 saturated carbocycles. The van der Waals surface area contributed by atoms with E-state index >= 15 is 0 Å². The third-order valence-electron chi connectivity index (χ3n) is 1.72. The minimum atomic E-state index is -4.90. The van der Waals surface area contributed by atoms with E-state index in [9.17, 15) is 26.3 Å². The van der Waals surface area contributed by atoms with Gasteiger partial charge in [0, 0.05) is 4.90 Å². The van der Waals surface area contributed by atoms with Gasteiger partial charge in [-0.15, -0.1) is 0 Å². The summed E-state index contributed by atoms with van der Waals surface area (Å²) in [7, 11) is 0. The van der Waals surface area contributed by atoms with Crippen molar-refractivity contribution in [3.63, 3.8) is 0 Å². The maximum Gasteiger partial charge on any atom is 0.446 e. The fourth-order valence-corrected chi connectivity index (χ4v) is 1.68. The second kappa shape index (κ2) is 4.77. The Morgan fingerprint density at radius 1 is 1.06 bits per heavy atom. The Morgan fingerprint density at radius 2 is 1.65 bits per heavy atom. The normalized spacial score (nSPS) is 14.8. The van der Waals surface area contributed by atoms with Crippen LogP contribution in [0, 0.1) is 0 Å². The number of halogens is 6. The molecule has 0 bridgehead atoms. The molecule has 0 spiro atoms. The van der Waals surface area contributed by atoms with Gasteiger partial charge >= 0.3 is 11.7 Å². The molecule has 1 rings (SSSR count). The minimum Gasteiger partial charge on any atom is -0.379 e. The van der Waals surface area contributed by atoms with Crippen LogP contribution in [0.15, 0.2) is 29.2 Å². The van der Waals surface area contributed by atoms with E-state index in [0.717, 1.165) is 18.2 Å². The molecule has 0 saturated heterocycles. The molecular weight excluding hydrogens is 270 g/mol. The summed E-state index contributed by atoms with van der Waals surface area (Å²) >= 11 is -0.536. The number of hydrogen-bond acceptors (Lipinski definition) is 2. The molecular formula is C9H6F6OS. The number of benzene rings is 1. The highest BCUT2D eigenvalue weighted by atomic mass is 32.2. The Morgan fingerprint density at radius 3 is 2.12 bits per heavy atom. The molecule has 0 aliphatic rings. The number of aliphatic hydroxyl groups is 1. The molecule has 1 unspecified atom stereocenters. The topological polar surface area (TPSA) is 20.2 Å². The van der Waals surface area contributed by atoms with Gasteiger partial charge in [0.05, 0.1) is 0 Å². The first-order chi connectivity index (χ1) is 7.59. The molecule has 0 heterocycles. The van der Waals surface area contributed by atoms with E-state index in [0.29, 0.717) is 6.07 Å². The predicted molar refractivity (Wildman–Crippen MR) is 49.4 cm³/mol. The van der Waals surface area contributed by atoms with Crippen molar-refractivity contribution < 1.29 is 31.4 Å². The Hall–Kier alpha value is -0.890. The minimum absolute atomic E-state index is 0.404. The average Bonchev–Trinajstić information content (AvgIpc) is 2.12. The number of aliphatic hydroxyl groups excluding tert-OH is 1. The second-order valence-electron chi connectivity index (χ2n) is 3.06. The number of thioether (sulfide) groups is 1. The summed E-state index contributed by atoms with van der Waals surface area (Å²) in [5.41, 5.74) is -5.20. The molecule has 0 radical (unpaired) electrons. The molecule has 0 aliphatic carbocycles. The third-order valence-corrected chi connectivity index (χ3v) is 2.44. The van der Waals surface area contributed by atoms with Crippen LogP contribution < -0.4 is 0 Å². The number of alkyl halides is 6. The van der Waals surface area contributed by atoms with Crippen LogP contribution in [0.4, 0.5) is 26.3 Å². The molecule has 0 fully saturated rings. The van der Waals surface area contributed by atoms with E-state index in [1.54, 1.807) is 0 Å². The van der Waals surface area contributed by atoms with Gasteiger partial charge in [-0.1, -0.05) is 12.1 Å². The van der Waals surface area contributed by atoms with E-state index in [2.05, 4.69) is 0 Å². The predicted octanol–water partition coefficient (Wildman–Crippen LogP) is 3.89. The summed E-state index contributed by atoms with van der Waals surface area (Å²) in [4.78, 5) is -0.404. The van der Waals surface area contributed by atoms with Crippen molar-refractivity contribution in [3.8, 4) is 0 Å². The molecule has 0 aliphatic heterocycles. The van der Waals surface area contributed by atoms with Crippen LogP contribution in [0.25, 0.3) is 0 Å². The summed E-state index contributed by atoms with van der Waals surface area (Å²) in [6.45, 7) is 0. The van der Waals surface area contributed by atoms with E-state index in [-0.39, 0.29) is 0 Å². The van der Waals surface area contributed by atoms with Crippen LogP contribution in [-0.4, -0.2) is 16.8 Å². The maximum absolute atomic E-state index is 12.1. The van der Waals surface area contributed by atoms with Crippen molar-refractivity contribution in [2.24, 2.45) is 0 Å². The van der Waals surface area contributed by atoms with Gasteiger partial charge < -0.3 is 5.11 Å². The first-order valence-corrected chi connectivity index (χ1v) is 5.02. The van der Waals surface area contributed by atoms with Gasteiger partial charge in [-0.3, -0.25) is 0 Å². The lowest BCUT2D eigenvalue weighted by molar-refractivity contribution is -0.206. The highest BCUT2D eigenvalue weighted by molar-refractivity contribution is 8.00. The van der Waals surface area contributed by atoms with Crippen molar-refractivity contribution in [2.45, 2.75) is 22.7 Å². The molecule has 17 heavy (non-hydrogen) atoms. The maximum atomic E-state index is 12.1. The largest absolute Gasteiger partial charge is 0.446 e. The van der Waals surface area contributed by atoms with Gasteiger partial charge in [-0.05, 0) is 29.5 Å². The number of hydrogen-bond donors (Lipinski definition) is 1. The van der Waals surface area contributed by atoms with Gasteiger partial charge in [0.15, 0.2) is 6.10 Å². The molecule has 0 amide bonds. The summed E-state index contributed by atoms with van der Waals surface area (Å²) < 4.78 is 72.3. The average molecular weight is 276 g/mol. The highest BCUT2D eigenvalue weighted by Crippen LogP contribution is 2.39. The van der Waals surface area contributed by atoms with Gasteiger partial charge in [-0.25, -0.2) is 0 Å². The van der Waals surface area contributed by atoms with Crippen LogP contribution in [-0.2, 0) is 0 Å². The third kappa shape index (κ3) is 4.47. The molecule has 0 aromatic heterocycles. The second-order valence-corrected chi connectivity index (χ2v) is 4.20. The zero-order valence-electron chi connectivity index (χ0n) is 8.01. The van der Waals surface area contributed by atoms with Crippen molar-refractivity contribution in [1.29, 1.82) is 0 Å². The first-order valence-electron chi connectivity index (χ1n) is 4.20. The van der Waals surface area contributed by atoms with Crippen LogP contribution in [0.2, 0.25) is 0 Å². The van der Waals surface area contributed by atoms with Gasteiger partial charge in [0.1, 0.15) is 0 Å². The van der Waals surface area contributed by atoms with E-state index in [1.807, 2.05) is 0 Å². The molecule has 96 valence electrons. The fourth-order valence-electron chi connectivity index (χ4n) is 1.07. The molecule has 1 atom stereocenters. The van der Waals surface area contributed by atoms with Crippen LogP contribution in [0.3, 0.4) is 0 Å². The summed E-state index contributed by atoms with van der Waals surface area (Å²) in [6.07, 6.45) is -7.68. The first kappa shape index (κ1) is 14.2. The van der Waals surface area contributed by atoms with Crippen LogP contribution >= 0.6 is 11.8 Å². The van der Waals surface area contributed by atoms with Crippen molar-refractivity contribution in [2.75, 3.05) is 0 Å². The van der Waals surface area contributed by atoms with Crippen LogP contribution in [0.5, 0.6) is 0 Å². The van der Waals surface area contributed by atoms with Crippen molar-refractivity contribution in [1.82, 2.24) is 0 Å². The number of rotatable bonds is 2. The van der Waals surface area contributed by atoms with Gasteiger partial charge in [0.2, 0.25) is 0 Å². The molecule has 8 heteroatoms. The fraction of sp³-hybridized carbons (Fsp3) is 0.333. The Kier molecular flexibility index (Phi) is 3.98. The Labute approximate surface area is 96.4 Å². The standard InChI is InChI=1S/C9H6F6OS/c10-8(11,12)7(16)5-2-1-3-6(4-5)17-9(13,14)15/h1-4,7,16H. The molecule has 1 N–H and O–H groups in total. The van der Waals surface area contributed by atoms with E-state index in [1.165, 1.54) is 0 Å². The van der Waals surface area contributed by atoms with Crippen molar-refractivity contribution >= 4 is 11.8 Å². The molecule has 1 aromatic rings. The van der Waals surface area contributed by atoms with Gasteiger partial charge in [0.25, 0.3) is 0 Å². The summed E-state index contributed by atoms with van der Waals surface area (Å²) in [6, 6.07) is 3.62. The van der Waals surface area contributed by atoms with E-state index in [4.69, 9.17) is 5.11 Å². The zero-order chi connectivity index (χ0) is 13.3. The summed E-state index contributed by atoms with van der Waals surface area (Å²) in [5, 5.41) is 8.86. The van der Waals surface area contributed by atoms with E-state index < -0.39 is 40.0 Å². The lowest BCUT2D eigenvalue weighted by Crippen LogP contribution is -2.20. The SMILES string of the molecule is OC(c1cccc(SC(F)(F)F)c1)C(F)(F)F. The monoisotopic (exact) mass is 276 g/mol. The quantitative estimate of drug-likeness (QED) is 0.653. The smallest absolute Gasteiger partial charge is 0.379 e. The Balaban J connectivity index is 2.94.